The van der Waals surface area contributed by atoms with E-state index in [9.17, 15) is 19.8 Å². The van der Waals surface area contributed by atoms with Crippen LogP contribution < -0.4 is 5.32 Å². The number of hydrogen-bond acceptors (Lipinski definition) is 5. The summed E-state index contributed by atoms with van der Waals surface area (Å²) >= 11 is 0. The van der Waals surface area contributed by atoms with Gasteiger partial charge in [-0.05, 0) is 44.9 Å². The van der Waals surface area contributed by atoms with Gasteiger partial charge in [0, 0.05) is 12.8 Å². The summed E-state index contributed by atoms with van der Waals surface area (Å²) < 4.78 is 5.43. The molecule has 0 aromatic rings. The van der Waals surface area contributed by atoms with E-state index in [4.69, 9.17) is 4.74 Å². The topological polar surface area (TPSA) is 95.9 Å². The summed E-state index contributed by atoms with van der Waals surface area (Å²) in [7, 11) is 0. The molecule has 0 fully saturated rings. The number of allylic oxidation sites excluding steroid dienone is 2. The molecule has 0 aliphatic heterocycles. The third-order valence-corrected chi connectivity index (χ3v) is 11.3. The van der Waals surface area contributed by atoms with Crippen molar-refractivity contribution in [2.45, 2.75) is 276 Å². The van der Waals surface area contributed by atoms with Crippen LogP contribution in [-0.2, 0) is 14.3 Å². The Labute approximate surface area is 342 Å². The summed E-state index contributed by atoms with van der Waals surface area (Å²) in [6.07, 6.45) is 50.2. The maximum atomic E-state index is 12.4. The van der Waals surface area contributed by atoms with Gasteiger partial charge in [-0.1, -0.05) is 219 Å². The van der Waals surface area contributed by atoms with E-state index in [0.717, 1.165) is 51.4 Å². The fourth-order valence-electron chi connectivity index (χ4n) is 7.50. The Hall–Kier alpha value is -1.40. The lowest BCUT2D eigenvalue weighted by Crippen LogP contribution is -2.45. The van der Waals surface area contributed by atoms with Crippen LogP contribution in [0.4, 0.5) is 0 Å². The van der Waals surface area contributed by atoms with Gasteiger partial charge in [0.2, 0.25) is 5.91 Å². The second-order valence-corrected chi connectivity index (χ2v) is 16.8. The number of unbranched alkanes of at least 4 members (excludes halogenated alkanes) is 32. The van der Waals surface area contributed by atoms with Gasteiger partial charge in [-0.15, -0.1) is 0 Å². The van der Waals surface area contributed by atoms with Gasteiger partial charge < -0.3 is 20.3 Å². The number of aliphatic hydroxyl groups excluding tert-OH is 2. The number of amides is 1. The first-order valence-corrected chi connectivity index (χ1v) is 24.4. The number of esters is 1. The Morgan fingerprint density at radius 3 is 1.35 bits per heavy atom. The zero-order chi connectivity index (χ0) is 40.1. The summed E-state index contributed by atoms with van der Waals surface area (Å²) in [5.74, 6) is -0.0643. The lowest BCUT2D eigenvalue weighted by Gasteiger charge is -2.22. The molecule has 326 valence electrons. The zero-order valence-electron chi connectivity index (χ0n) is 36.9. The van der Waals surface area contributed by atoms with Crippen molar-refractivity contribution in [3.8, 4) is 0 Å². The molecule has 6 heteroatoms. The number of ether oxygens (including phenoxy) is 1. The first-order valence-electron chi connectivity index (χ1n) is 24.4. The van der Waals surface area contributed by atoms with Crippen LogP contribution in [-0.4, -0.2) is 47.4 Å². The van der Waals surface area contributed by atoms with Crippen LogP contribution in [0.2, 0.25) is 0 Å². The minimum absolute atomic E-state index is 0.0165. The lowest BCUT2D eigenvalue weighted by atomic mass is 10.0. The normalized spacial score (nSPS) is 12.7. The maximum Gasteiger partial charge on any atom is 0.305 e. The molecule has 0 bridgehead atoms. The van der Waals surface area contributed by atoms with E-state index in [1.54, 1.807) is 0 Å². The highest BCUT2D eigenvalue weighted by Crippen LogP contribution is 2.16. The molecular weight excluding hydrogens is 683 g/mol. The number of aliphatic hydroxyl groups is 2. The van der Waals surface area contributed by atoms with E-state index in [1.165, 1.54) is 180 Å². The summed E-state index contributed by atoms with van der Waals surface area (Å²) in [6, 6.07) is -0.549. The van der Waals surface area contributed by atoms with E-state index in [2.05, 4.69) is 31.3 Å². The first kappa shape index (κ1) is 53.6. The molecule has 0 rings (SSSR count). The third kappa shape index (κ3) is 42.0. The molecule has 0 saturated heterocycles. The van der Waals surface area contributed by atoms with E-state index in [-0.39, 0.29) is 18.5 Å². The van der Waals surface area contributed by atoms with Gasteiger partial charge in [0.15, 0.2) is 0 Å². The minimum atomic E-state index is -0.671. The molecule has 2 atom stereocenters. The van der Waals surface area contributed by atoms with Crippen molar-refractivity contribution in [3.63, 3.8) is 0 Å². The van der Waals surface area contributed by atoms with Crippen LogP contribution >= 0.6 is 0 Å². The molecule has 0 aromatic heterocycles. The van der Waals surface area contributed by atoms with Crippen LogP contribution in [0, 0.1) is 0 Å². The average molecular weight is 778 g/mol. The Balaban J connectivity index is 3.46. The van der Waals surface area contributed by atoms with E-state index in [0.29, 0.717) is 25.9 Å². The Morgan fingerprint density at radius 2 is 0.873 bits per heavy atom. The fraction of sp³-hybridized carbons (Fsp3) is 0.918. The van der Waals surface area contributed by atoms with Crippen molar-refractivity contribution in [3.05, 3.63) is 12.2 Å². The average Bonchev–Trinajstić information content (AvgIpc) is 3.18. The Kier molecular flexibility index (Phi) is 44.2. The fourth-order valence-corrected chi connectivity index (χ4v) is 7.50. The summed E-state index contributed by atoms with van der Waals surface area (Å²) in [4.78, 5) is 24.4. The van der Waals surface area contributed by atoms with Gasteiger partial charge in [0.1, 0.15) is 0 Å². The smallest absolute Gasteiger partial charge is 0.305 e. The quantitative estimate of drug-likeness (QED) is 0.0325. The van der Waals surface area contributed by atoms with Gasteiger partial charge >= 0.3 is 5.97 Å². The van der Waals surface area contributed by atoms with Crippen LogP contribution in [0.25, 0.3) is 0 Å². The lowest BCUT2D eigenvalue weighted by molar-refractivity contribution is -0.143. The molecule has 2 unspecified atom stereocenters. The van der Waals surface area contributed by atoms with Gasteiger partial charge in [0.25, 0.3) is 0 Å². The molecule has 6 nitrogen and oxygen atoms in total. The van der Waals surface area contributed by atoms with Gasteiger partial charge in [-0.25, -0.2) is 0 Å². The second-order valence-electron chi connectivity index (χ2n) is 16.8. The standard InChI is InChI=1S/C49H95NO5/c1-3-5-7-9-11-13-15-16-18-22-25-29-33-37-41-47(52)46(45-51)50-48(53)42-38-34-30-26-23-19-17-20-24-28-32-36-40-44-55-49(54)43-39-35-31-27-21-14-12-10-8-6-4-2/h10,12,46-47,51-52H,3-9,11,13-45H2,1-2H3,(H,50,53)/b12-10-. The van der Waals surface area contributed by atoms with E-state index in [1.807, 2.05) is 0 Å². The molecule has 1 amide bonds. The zero-order valence-corrected chi connectivity index (χ0v) is 36.9. The number of carbonyl (C=O) groups excluding carboxylic acids is 2. The van der Waals surface area contributed by atoms with Crippen LogP contribution in [0.15, 0.2) is 12.2 Å². The predicted molar refractivity (Wildman–Crippen MR) is 237 cm³/mol. The van der Waals surface area contributed by atoms with Gasteiger partial charge in [-0.2, -0.15) is 0 Å². The maximum absolute atomic E-state index is 12.4. The second kappa shape index (κ2) is 45.3. The minimum Gasteiger partial charge on any atom is -0.466 e. The van der Waals surface area contributed by atoms with Crippen molar-refractivity contribution in [2.75, 3.05) is 13.2 Å². The van der Waals surface area contributed by atoms with Crippen LogP contribution in [0.5, 0.6) is 0 Å². The van der Waals surface area contributed by atoms with Gasteiger partial charge in [0.05, 0.1) is 25.4 Å². The number of rotatable bonds is 45. The number of hydrogen-bond donors (Lipinski definition) is 3. The van der Waals surface area contributed by atoms with Crippen molar-refractivity contribution in [1.29, 1.82) is 0 Å². The van der Waals surface area contributed by atoms with Gasteiger partial charge in [-0.3, -0.25) is 9.59 Å². The number of carbonyl (C=O) groups is 2. The predicted octanol–water partition coefficient (Wildman–Crippen LogP) is 14.2. The van der Waals surface area contributed by atoms with Crippen LogP contribution in [0.1, 0.15) is 264 Å². The number of nitrogens with one attached hydrogen (secondary N) is 1. The molecule has 0 saturated carbocycles. The highest BCUT2D eigenvalue weighted by atomic mass is 16.5. The summed E-state index contributed by atoms with van der Waals surface area (Å²) in [6.45, 7) is 4.88. The summed E-state index contributed by atoms with van der Waals surface area (Å²) in [5.41, 5.74) is 0. The molecule has 0 spiro atoms. The van der Waals surface area contributed by atoms with Crippen LogP contribution in [0.3, 0.4) is 0 Å². The molecule has 0 heterocycles. The molecule has 3 N–H and O–H groups in total. The molecule has 0 aliphatic carbocycles. The first-order chi connectivity index (χ1) is 27.0. The largest absolute Gasteiger partial charge is 0.466 e. The Bertz CT molecular complexity index is 817. The van der Waals surface area contributed by atoms with Crippen molar-refractivity contribution < 1.29 is 24.5 Å². The Morgan fingerprint density at radius 1 is 0.491 bits per heavy atom. The van der Waals surface area contributed by atoms with Crippen molar-refractivity contribution in [2.24, 2.45) is 0 Å². The highest BCUT2D eigenvalue weighted by Gasteiger charge is 2.20. The SMILES string of the molecule is CCCC/C=C\CCCCCCCC(=O)OCCCCCCCCCCCCCCCC(=O)NC(CO)C(O)CCCCCCCCCCCCCCCC. The molecule has 0 aromatic carbocycles. The highest BCUT2D eigenvalue weighted by molar-refractivity contribution is 5.76. The van der Waals surface area contributed by atoms with E-state index >= 15 is 0 Å². The monoisotopic (exact) mass is 778 g/mol. The third-order valence-electron chi connectivity index (χ3n) is 11.3. The molecular formula is C49H95NO5. The van der Waals surface area contributed by atoms with Crippen molar-refractivity contribution in [1.82, 2.24) is 5.32 Å². The summed E-state index contributed by atoms with van der Waals surface area (Å²) in [5, 5.41) is 23.2. The van der Waals surface area contributed by atoms with E-state index < -0.39 is 12.1 Å². The van der Waals surface area contributed by atoms with Crippen molar-refractivity contribution >= 4 is 11.9 Å². The molecule has 0 radical (unpaired) electrons. The molecule has 0 aliphatic rings. The molecule has 55 heavy (non-hydrogen) atoms.